The Bertz CT molecular complexity index is 1220. The first-order chi connectivity index (χ1) is 16.8. The second kappa shape index (κ2) is 12.4. The number of amides is 3. The number of nitrogens with one attached hydrogen (secondary N) is 2. The summed E-state index contributed by atoms with van der Waals surface area (Å²) in [5.74, 6) is -2.17. The highest BCUT2D eigenvalue weighted by Gasteiger charge is 2.18. The van der Waals surface area contributed by atoms with E-state index in [1.54, 1.807) is 42.5 Å². The molecule has 0 spiro atoms. The van der Waals surface area contributed by atoms with E-state index in [-0.39, 0.29) is 28.8 Å². The Morgan fingerprint density at radius 1 is 0.886 bits per heavy atom. The van der Waals surface area contributed by atoms with Crippen molar-refractivity contribution in [1.29, 1.82) is 0 Å². The molecule has 8 nitrogen and oxygen atoms in total. The van der Waals surface area contributed by atoms with Crippen molar-refractivity contribution in [2.24, 2.45) is 5.73 Å². The quantitative estimate of drug-likeness (QED) is 0.294. The Labute approximate surface area is 207 Å². The van der Waals surface area contributed by atoms with Crippen LogP contribution in [0.1, 0.15) is 39.2 Å². The minimum atomic E-state index is -0.713. The molecule has 0 radical (unpaired) electrons. The Balaban J connectivity index is 1.61. The highest BCUT2D eigenvalue weighted by molar-refractivity contribution is 8.00. The van der Waals surface area contributed by atoms with Crippen molar-refractivity contribution in [1.82, 2.24) is 5.32 Å². The van der Waals surface area contributed by atoms with Gasteiger partial charge in [0.25, 0.3) is 11.8 Å². The number of nitrogens with two attached hydrogens (primary N) is 1. The van der Waals surface area contributed by atoms with E-state index < -0.39 is 24.4 Å². The Kier molecular flexibility index (Phi) is 9.02. The average Bonchev–Trinajstić information content (AvgIpc) is 2.87. The fourth-order valence-electron chi connectivity index (χ4n) is 3.19. The summed E-state index contributed by atoms with van der Waals surface area (Å²) < 4.78 is 5.15. The molecule has 35 heavy (non-hydrogen) atoms. The summed E-state index contributed by atoms with van der Waals surface area (Å²) in [5.41, 5.74) is 6.92. The lowest BCUT2D eigenvalue weighted by atomic mass is 10.1. The predicted molar refractivity (Wildman–Crippen MR) is 134 cm³/mol. The summed E-state index contributed by atoms with van der Waals surface area (Å²) in [4.78, 5) is 49.4. The third kappa shape index (κ3) is 7.44. The molecule has 3 amide bonds. The lowest BCUT2D eigenvalue weighted by molar-refractivity contribution is -0.119. The van der Waals surface area contributed by atoms with Crippen molar-refractivity contribution in [3.63, 3.8) is 0 Å². The van der Waals surface area contributed by atoms with Crippen LogP contribution >= 0.6 is 11.8 Å². The van der Waals surface area contributed by atoms with Crippen LogP contribution in [0.4, 0.5) is 5.69 Å². The first-order valence-electron chi connectivity index (χ1n) is 10.8. The molecule has 9 heteroatoms. The number of esters is 1. The van der Waals surface area contributed by atoms with Gasteiger partial charge in [-0.15, -0.1) is 11.8 Å². The second-order valence-electron chi connectivity index (χ2n) is 7.53. The molecule has 3 aromatic rings. The molecule has 0 saturated heterocycles. The molecule has 1 atom stereocenters. The molecule has 0 aliphatic rings. The van der Waals surface area contributed by atoms with Gasteiger partial charge >= 0.3 is 5.97 Å². The van der Waals surface area contributed by atoms with Crippen LogP contribution in [0.3, 0.4) is 0 Å². The van der Waals surface area contributed by atoms with Crippen molar-refractivity contribution < 1.29 is 23.9 Å². The fraction of sp³-hybridized carbons (Fsp3) is 0.154. The molecule has 0 bridgehead atoms. The van der Waals surface area contributed by atoms with Crippen molar-refractivity contribution in [2.75, 3.05) is 17.7 Å². The normalized spacial score (nSPS) is 11.2. The number of benzene rings is 3. The van der Waals surface area contributed by atoms with Crippen LogP contribution in [0.15, 0.2) is 83.8 Å². The van der Waals surface area contributed by atoms with Crippen LogP contribution in [-0.2, 0) is 14.3 Å². The molecule has 0 aliphatic heterocycles. The maximum Gasteiger partial charge on any atom is 0.339 e. The molecule has 0 fully saturated rings. The number of carbonyl (C=O) groups excluding carboxylic acids is 4. The third-order valence-electron chi connectivity index (χ3n) is 4.90. The lowest BCUT2D eigenvalue weighted by Gasteiger charge is -2.16. The number of hydrogen-bond acceptors (Lipinski definition) is 6. The van der Waals surface area contributed by atoms with E-state index in [1.807, 2.05) is 37.3 Å². The number of para-hydroxylation sites is 1. The SMILES string of the molecule is CC(NC(=O)c1ccccc1NC(=O)COC(=O)c1ccccc1SCC(N)=O)c1ccccc1. The molecule has 4 N–H and O–H groups in total. The molecule has 3 rings (SSSR count). The predicted octanol–water partition coefficient (Wildman–Crippen LogP) is 3.55. The van der Waals surface area contributed by atoms with E-state index in [2.05, 4.69) is 10.6 Å². The highest BCUT2D eigenvalue weighted by atomic mass is 32.2. The number of ether oxygens (including phenoxy) is 1. The first-order valence-corrected chi connectivity index (χ1v) is 11.8. The Morgan fingerprint density at radius 2 is 1.51 bits per heavy atom. The summed E-state index contributed by atoms with van der Waals surface area (Å²) in [7, 11) is 0. The summed E-state index contributed by atoms with van der Waals surface area (Å²) in [5, 5.41) is 5.54. The molecule has 0 saturated carbocycles. The smallest absolute Gasteiger partial charge is 0.339 e. The number of hydrogen-bond donors (Lipinski definition) is 3. The highest BCUT2D eigenvalue weighted by Crippen LogP contribution is 2.23. The van der Waals surface area contributed by atoms with E-state index in [9.17, 15) is 19.2 Å². The zero-order valence-electron chi connectivity index (χ0n) is 19.0. The average molecular weight is 492 g/mol. The van der Waals surface area contributed by atoms with Gasteiger partial charge < -0.3 is 21.1 Å². The van der Waals surface area contributed by atoms with Gasteiger partial charge in [0.05, 0.1) is 28.6 Å². The van der Waals surface area contributed by atoms with Gasteiger partial charge in [-0.2, -0.15) is 0 Å². The van der Waals surface area contributed by atoms with E-state index in [0.29, 0.717) is 10.6 Å². The monoisotopic (exact) mass is 491 g/mol. The maximum atomic E-state index is 12.8. The van der Waals surface area contributed by atoms with Crippen molar-refractivity contribution in [2.45, 2.75) is 17.9 Å². The van der Waals surface area contributed by atoms with Gasteiger partial charge in [-0.1, -0.05) is 54.6 Å². The number of anilines is 1. The number of carbonyl (C=O) groups is 4. The standard InChI is InChI=1S/C26H25N3O5S/c1-17(18-9-3-2-4-10-18)28-25(32)19-11-5-7-13-21(19)29-24(31)15-34-26(33)20-12-6-8-14-22(20)35-16-23(27)30/h2-14,17H,15-16H2,1H3,(H2,27,30)(H,28,32)(H,29,31). The minimum absolute atomic E-state index is 0.00647. The summed E-state index contributed by atoms with van der Waals surface area (Å²) in [6, 6.07) is 22.4. The van der Waals surface area contributed by atoms with E-state index in [1.165, 1.54) is 6.07 Å². The molecule has 180 valence electrons. The summed E-state index contributed by atoms with van der Waals surface area (Å²) in [6.07, 6.45) is 0. The summed E-state index contributed by atoms with van der Waals surface area (Å²) in [6.45, 7) is 1.32. The molecule has 1 unspecified atom stereocenters. The lowest BCUT2D eigenvalue weighted by Crippen LogP contribution is -2.28. The molecule has 0 aliphatic carbocycles. The van der Waals surface area contributed by atoms with Crippen molar-refractivity contribution in [3.05, 3.63) is 95.6 Å². The van der Waals surface area contributed by atoms with Crippen LogP contribution in [0.25, 0.3) is 0 Å². The van der Waals surface area contributed by atoms with E-state index in [0.717, 1.165) is 17.3 Å². The molecular weight excluding hydrogens is 466 g/mol. The topological polar surface area (TPSA) is 128 Å². The molecule has 0 aromatic heterocycles. The fourth-order valence-corrected chi connectivity index (χ4v) is 3.97. The molecule has 0 heterocycles. The van der Waals surface area contributed by atoms with Crippen LogP contribution in [-0.4, -0.2) is 36.1 Å². The van der Waals surface area contributed by atoms with Crippen LogP contribution in [0.5, 0.6) is 0 Å². The van der Waals surface area contributed by atoms with Crippen LogP contribution in [0.2, 0.25) is 0 Å². The minimum Gasteiger partial charge on any atom is -0.452 e. The molecular formula is C26H25N3O5S. The van der Waals surface area contributed by atoms with Gasteiger partial charge in [0.15, 0.2) is 6.61 Å². The Hall–Kier alpha value is -4.11. The van der Waals surface area contributed by atoms with Crippen LogP contribution < -0.4 is 16.4 Å². The second-order valence-corrected chi connectivity index (χ2v) is 8.54. The number of thioether (sulfide) groups is 1. The van der Waals surface area contributed by atoms with Gasteiger partial charge in [0.1, 0.15) is 0 Å². The van der Waals surface area contributed by atoms with Crippen molar-refractivity contribution >= 4 is 41.1 Å². The number of primary amides is 1. The van der Waals surface area contributed by atoms with Gasteiger partial charge in [-0.3, -0.25) is 14.4 Å². The molecule has 3 aromatic carbocycles. The van der Waals surface area contributed by atoms with Gasteiger partial charge in [0, 0.05) is 4.90 Å². The van der Waals surface area contributed by atoms with Gasteiger partial charge in [-0.05, 0) is 36.8 Å². The van der Waals surface area contributed by atoms with E-state index >= 15 is 0 Å². The maximum absolute atomic E-state index is 12.8. The Morgan fingerprint density at radius 3 is 2.23 bits per heavy atom. The van der Waals surface area contributed by atoms with E-state index in [4.69, 9.17) is 10.5 Å². The van der Waals surface area contributed by atoms with Gasteiger partial charge in [-0.25, -0.2) is 4.79 Å². The number of rotatable bonds is 10. The largest absolute Gasteiger partial charge is 0.452 e. The third-order valence-corrected chi connectivity index (χ3v) is 6.00. The van der Waals surface area contributed by atoms with Gasteiger partial charge in [0.2, 0.25) is 5.91 Å². The summed E-state index contributed by atoms with van der Waals surface area (Å²) >= 11 is 1.11. The van der Waals surface area contributed by atoms with Crippen molar-refractivity contribution in [3.8, 4) is 0 Å². The zero-order chi connectivity index (χ0) is 25.2. The first kappa shape index (κ1) is 25.5. The zero-order valence-corrected chi connectivity index (χ0v) is 19.8. The van der Waals surface area contributed by atoms with Crippen LogP contribution in [0, 0.1) is 0 Å².